The Morgan fingerprint density at radius 2 is 2.21 bits per heavy atom. The van der Waals surface area contributed by atoms with Crippen LogP contribution in [0.1, 0.15) is 12.8 Å². The molecule has 2 aliphatic rings. The van der Waals surface area contributed by atoms with Crippen LogP contribution in [-0.4, -0.2) is 62.8 Å². The van der Waals surface area contributed by atoms with Gasteiger partial charge in [0.25, 0.3) is 0 Å². The maximum atomic E-state index is 12.6. The van der Waals surface area contributed by atoms with Crippen LogP contribution in [0.15, 0.2) is 30.6 Å². The summed E-state index contributed by atoms with van der Waals surface area (Å²) in [6.45, 7) is 3.78. The number of rotatable bonds is 2. The molecule has 0 aliphatic carbocycles. The zero-order valence-corrected chi connectivity index (χ0v) is 13.9. The molecule has 2 aromatic rings. The van der Waals surface area contributed by atoms with E-state index >= 15 is 0 Å². The van der Waals surface area contributed by atoms with E-state index in [1.807, 2.05) is 36.2 Å². The number of amides is 2. The molecule has 7 nitrogen and oxygen atoms in total. The van der Waals surface area contributed by atoms with Crippen LogP contribution >= 0.6 is 0 Å². The lowest BCUT2D eigenvalue weighted by Crippen LogP contribution is -2.53. The number of urea groups is 1. The van der Waals surface area contributed by atoms with Crippen LogP contribution in [0.5, 0.6) is 0 Å². The smallest absolute Gasteiger partial charge is 0.321 e. The van der Waals surface area contributed by atoms with Crippen LogP contribution in [0.25, 0.3) is 11.4 Å². The molecular formula is C17H22N6O. The molecule has 3 heterocycles. The van der Waals surface area contributed by atoms with E-state index in [0.29, 0.717) is 11.9 Å². The number of aryl methyl sites for hydroxylation is 1. The fraction of sp³-hybridized carbons (Fsp3) is 0.471. The highest BCUT2D eigenvalue weighted by Gasteiger charge is 2.32. The second kappa shape index (κ2) is 6.24. The second-order valence-corrected chi connectivity index (χ2v) is 6.53. The van der Waals surface area contributed by atoms with Gasteiger partial charge in [-0.2, -0.15) is 5.10 Å². The topological polar surface area (TPSA) is 66.3 Å². The van der Waals surface area contributed by atoms with E-state index in [-0.39, 0.29) is 6.03 Å². The summed E-state index contributed by atoms with van der Waals surface area (Å²) in [7, 11) is 1.84. The summed E-state index contributed by atoms with van der Waals surface area (Å²) in [6.07, 6.45) is 4.12. The fourth-order valence-electron chi connectivity index (χ4n) is 3.59. The standard InChI is InChI=1S/C17H22N6O/c1-21-12-18-16(20-21)13-4-2-5-14(10-13)19-17(24)23-9-8-22-7-3-6-15(22)11-23/h2,4-5,10,12,15H,3,6-9,11H2,1H3,(H,19,24). The van der Waals surface area contributed by atoms with Crippen molar-refractivity contribution < 1.29 is 4.79 Å². The van der Waals surface area contributed by atoms with Crippen LogP contribution in [0.4, 0.5) is 10.5 Å². The molecule has 1 aromatic carbocycles. The van der Waals surface area contributed by atoms with E-state index in [4.69, 9.17) is 0 Å². The Morgan fingerprint density at radius 1 is 1.29 bits per heavy atom. The van der Waals surface area contributed by atoms with E-state index in [1.54, 1.807) is 11.0 Å². The van der Waals surface area contributed by atoms with Gasteiger partial charge >= 0.3 is 6.03 Å². The summed E-state index contributed by atoms with van der Waals surface area (Å²) >= 11 is 0. The second-order valence-electron chi connectivity index (χ2n) is 6.53. The molecule has 1 unspecified atom stereocenters. The molecule has 0 bridgehead atoms. The van der Waals surface area contributed by atoms with Gasteiger partial charge in [0.05, 0.1) is 0 Å². The number of nitrogens with zero attached hydrogens (tertiary/aromatic N) is 5. The average Bonchev–Trinajstić information content (AvgIpc) is 3.23. The molecule has 1 atom stereocenters. The monoisotopic (exact) mass is 326 g/mol. The van der Waals surface area contributed by atoms with Gasteiger partial charge in [0.1, 0.15) is 6.33 Å². The van der Waals surface area contributed by atoms with Crippen molar-refractivity contribution >= 4 is 11.7 Å². The number of aromatic nitrogens is 3. The molecule has 2 amide bonds. The predicted octanol–water partition coefficient (Wildman–Crippen LogP) is 1.79. The molecular weight excluding hydrogens is 304 g/mol. The molecule has 4 rings (SSSR count). The van der Waals surface area contributed by atoms with Crippen molar-refractivity contribution in [1.82, 2.24) is 24.6 Å². The number of carbonyl (C=O) groups is 1. The van der Waals surface area contributed by atoms with E-state index in [1.165, 1.54) is 19.4 Å². The van der Waals surface area contributed by atoms with Gasteiger partial charge in [0, 0.05) is 44.0 Å². The first-order valence-electron chi connectivity index (χ1n) is 8.45. The maximum Gasteiger partial charge on any atom is 0.321 e. The zero-order chi connectivity index (χ0) is 16.5. The SMILES string of the molecule is Cn1cnc(-c2cccc(NC(=O)N3CCN4CCCC4C3)c2)n1. The number of anilines is 1. The van der Waals surface area contributed by atoms with Crippen LogP contribution in [0, 0.1) is 0 Å². The van der Waals surface area contributed by atoms with Crippen molar-refractivity contribution in [2.45, 2.75) is 18.9 Å². The summed E-state index contributed by atoms with van der Waals surface area (Å²) < 4.78 is 1.67. The van der Waals surface area contributed by atoms with Gasteiger partial charge in [-0.25, -0.2) is 9.78 Å². The minimum absolute atomic E-state index is 0.0207. The van der Waals surface area contributed by atoms with Crippen molar-refractivity contribution in [2.75, 3.05) is 31.5 Å². The third-order valence-corrected chi connectivity index (χ3v) is 4.85. The predicted molar refractivity (Wildman–Crippen MR) is 91.6 cm³/mol. The molecule has 0 radical (unpaired) electrons. The Hall–Kier alpha value is -2.41. The lowest BCUT2D eigenvalue weighted by Gasteiger charge is -2.37. The van der Waals surface area contributed by atoms with Crippen molar-refractivity contribution in [3.05, 3.63) is 30.6 Å². The number of benzene rings is 1. The highest BCUT2D eigenvalue weighted by atomic mass is 16.2. The Morgan fingerprint density at radius 3 is 3.04 bits per heavy atom. The summed E-state index contributed by atoms with van der Waals surface area (Å²) in [5.41, 5.74) is 1.67. The fourth-order valence-corrected chi connectivity index (χ4v) is 3.59. The Labute approximate surface area is 141 Å². The molecule has 2 aliphatic heterocycles. The van der Waals surface area contributed by atoms with E-state index in [9.17, 15) is 4.79 Å². The largest absolute Gasteiger partial charge is 0.322 e. The number of hydrogen-bond acceptors (Lipinski definition) is 4. The van der Waals surface area contributed by atoms with Crippen LogP contribution in [0.3, 0.4) is 0 Å². The van der Waals surface area contributed by atoms with Crippen LogP contribution < -0.4 is 5.32 Å². The van der Waals surface area contributed by atoms with Crippen molar-refractivity contribution in [1.29, 1.82) is 0 Å². The van der Waals surface area contributed by atoms with Crippen LogP contribution in [0.2, 0.25) is 0 Å². The Bertz CT molecular complexity index is 742. The van der Waals surface area contributed by atoms with Gasteiger partial charge in [-0.05, 0) is 31.5 Å². The molecule has 2 fully saturated rings. The summed E-state index contributed by atoms with van der Waals surface area (Å²) in [5, 5.41) is 7.32. The van der Waals surface area contributed by atoms with Gasteiger partial charge in [-0.1, -0.05) is 12.1 Å². The van der Waals surface area contributed by atoms with Crippen LogP contribution in [-0.2, 0) is 7.05 Å². The third-order valence-electron chi connectivity index (χ3n) is 4.85. The highest BCUT2D eigenvalue weighted by molar-refractivity contribution is 5.90. The molecule has 24 heavy (non-hydrogen) atoms. The minimum atomic E-state index is -0.0207. The summed E-state index contributed by atoms with van der Waals surface area (Å²) in [6, 6.07) is 8.19. The van der Waals surface area contributed by atoms with E-state index in [2.05, 4.69) is 20.3 Å². The third kappa shape index (κ3) is 2.99. The summed E-state index contributed by atoms with van der Waals surface area (Å²) in [4.78, 5) is 21.3. The van der Waals surface area contributed by atoms with Crippen molar-refractivity contribution in [3.8, 4) is 11.4 Å². The van der Waals surface area contributed by atoms with E-state index < -0.39 is 0 Å². The first-order valence-corrected chi connectivity index (χ1v) is 8.45. The quantitative estimate of drug-likeness (QED) is 0.914. The maximum absolute atomic E-state index is 12.6. The Balaban J connectivity index is 1.44. The average molecular weight is 326 g/mol. The lowest BCUT2D eigenvalue weighted by molar-refractivity contribution is 0.124. The number of carbonyl (C=O) groups excluding carboxylic acids is 1. The molecule has 7 heteroatoms. The molecule has 1 aromatic heterocycles. The Kier molecular flexibility index (Phi) is 3.93. The van der Waals surface area contributed by atoms with E-state index in [0.717, 1.165) is 30.9 Å². The zero-order valence-electron chi connectivity index (χ0n) is 13.9. The van der Waals surface area contributed by atoms with Crippen molar-refractivity contribution in [2.24, 2.45) is 7.05 Å². The van der Waals surface area contributed by atoms with Gasteiger partial charge in [-0.3, -0.25) is 9.58 Å². The number of piperazine rings is 1. The lowest BCUT2D eigenvalue weighted by atomic mass is 10.1. The van der Waals surface area contributed by atoms with Gasteiger partial charge in [0.15, 0.2) is 5.82 Å². The van der Waals surface area contributed by atoms with Gasteiger partial charge in [0.2, 0.25) is 0 Å². The van der Waals surface area contributed by atoms with Gasteiger partial charge < -0.3 is 10.2 Å². The summed E-state index contributed by atoms with van der Waals surface area (Å²) in [5.74, 6) is 0.660. The molecule has 0 spiro atoms. The molecule has 1 N–H and O–H groups in total. The molecule has 0 saturated carbocycles. The first-order chi connectivity index (χ1) is 11.7. The first kappa shape index (κ1) is 15.1. The number of fused-ring (bicyclic) bond motifs is 1. The minimum Gasteiger partial charge on any atom is -0.322 e. The number of nitrogens with one attached hydrogen (secondary N) is 1. The van der Waals surface area contributed by atoms with Gasteiger partial charge in [-0.15, -0.1) is 0 Å². The highest BCUT2D eigenvalue weighted by Crippen LogP contribution is 2.23. The normalized spacial score (nSPS) is 20.9. The molecule has 126 valence electrons. The van der Waals surface area contributed by atoms with Crippen molar-refractivity contribution in [3.63, 3.8) is 0 Å². The molecule has 2 saturated heterocycles. The number of hydrogen-bond donors (Lipinski definition) is 1.